The fraction of sp³-hybridized carbons (Fsp3) is 0.429. The van der Waals surface area contributed by atoms with Crippen LogP contribution in [0.5, 0.6) is 0 Å². The Hall–Kier alpha value is -2.15. The van der Waals surface area contributed by atoms with Gasteiger partial charge in [-0.1, -0.05) is 17.7 Å². The molecule has 118 valence electrons. The number of rotatable bonds is 4. The second kappa shape index (κ2) is 6.31. The van der Waals surface area contributed by atoms with Crippen LogP contribution in [-0.2, 0) is 14.3 Å². The van der Waals surface area contributed by atoms with Gasteiger partial charge in [-0.15, -0.1) is 0 Å². The van der Waals surface area contributed by atoms with Crippen LogP contribution in [0.15, 0.2) is 18.2 Å². The minimum absolute atomic E-state index is 0.0261. The molecule has 1 aliphatic rings. The Balaban J connectivity index is 2.35. The molecule has 2 rings (SSSR count). The van der Waals surface area contributed by atoms with E-state index in [9.17, 15) is 19.7 Å². The molecule has 0 aromatic heterocycles. The highest BCUT2D eigenvalue weighted by Crippen LogP contribution is 2.34. The van der Waals surface area contributed by atoms with Crippen LogP contribution in [0.25, 0.3) is 0 Å². The van der Waals surface area contributed by atoms with Crippen LogP contribution in [0.3, 0.4) is 0 Å². The standard InChI is InChI=1S/C14H15ClN2O5/c1-8(9-3-4-10(15)12(7-9)17(20)21)16-11(14(19)22-2)5-6-13(16)18/h3-4,7-8,11H,5-6H2,1-2H3. The zero-order valence-corrected chi connectivity index (χ0v) is 12.9. The summed E-state index contributed by atoms with van der Waals surface area (Å²) in [4.78, 5) is 35.7. The molecule has 0 N–H and O–H groups in total. The molecule has 1 aromatic rings. The van der Waals surface area contributed by atoms with Gasteiger partial charge in [0.15, 0.2) is 0 Å². The maximum absolute atomic E-state index is 12.1. The SMILES string of the molecule is COC(=O)C1CCC(=O)N1C(C)c1ccc(Cl)c([N+](=O)[O-])c1. The topological polar surface area (TPSA) is 89.8 Å². The fourth-order valence-corrected chi connectivity index (χ4v) is 2.83. The summed E-state index contributed by atoms with van der Waals surface area (Å²) in [6.07, 6.45) is 0.630. The largest absolute Gasteiger partial charge is 0.467 e. The summed E-state index contributed by atoms with van der Waals surface area (Å²) in [5, 5.41) is 11.0. The van der Waals surface area contributed by atoms with Crippen molar-refractivity contribution >= 4 is 29.2 Å². The predicted molar refractivity (Wildman–Crippen MR) is 78.4 cm³/mol. The first kappa shape index (κ1) is 16.2. The lowest BCUT2D eigenvalue weighted by Crippen LogP contribution is -2.40. The van der Waals surface area contributed by atoms with Crippen LogP contribution in [0, 0.1) is 10.1 Å². The summed E-state index contributed by atoms with van der Waals surface area (Å²) in [6, 6.07) is 3.20. The van der Waals surface area contributed by atoms with Gasteiger partial charge < -0.3 is 9.64 Å². The second-order valence-electron chi connectivity index (χ2n) is 5.02. The molecule has 0 aliphatic carbocycles. The lowest BCUT2D eigenvalue weighted by atomic mass is 10.0. The van der Waals surface area contributed by atoms with Crippen molar-refractivity contribution in [3.05, 3.63) is 38.9 Å². The van der Waals surface area contributed by atoms with E-state index in [0.29, 0.717) is 12.0 Å². The van der Waals surface area contributed by atoms with Gasteiger partial charge in [-0.2, -0.15) is 0 Å². The monoisotopic (exact) mass is 326 g/mol. The van der Waals surface area contributed by atoms with Crippen LogP contribution in [-0.4, -0.2) is 34.9 Å². The number of hydrogen-bond donors (Lipinski definition) is 0. The Kier molecular flexibility index (Phi) is 4.65. The third-order valence-electron chi connectivity index (χ3n) is 3.80. The number of methoxy groups -OCH3 is 1. The van der Waals surface area contributed by atoms with Crippen molar-refractivity contribution in [3.63, 3.8) is 0 Å². The predicted octanol–water partition coefficient (Wildman–Crippen LogP) is 2.47. The van der Waals surface area contributed by atoms with E-state index in [1.54, 1.807) is 13.0 Å². The number of carbonyl (C=O) groups is 2. The molecule has 0 bridgehead atoms. The van der Waals surface area contributed by atoms with E-state index in [0.717, 1.165) is 0 Å². The van der Waals surface area contributed by atoms with Crippen molar-refractivity contribution < 1.29 is 19.2 Å². The first-order chi connectivity index (χ1) is 10.4. The third kappa shape index (κ3) is 2.89. The summed E-state index contributed by atoms with van der Waals surface area (Å²) in [5.74, 6) is -0.665. The number of halogens is 1. The summed E-state index contributed by atoms with van der Waals surface area (Å²) in [6.45, 7) is 1.71. The summed E-state index contributed by atoms with van der Waals surface area (Å²) >= 11 is 5.79. The van der Waals surface area contributed by atoms with Crippen LogP contribution in [0.1, 0.15) is 31.4 Å². The van der Waals surface area contributed by atoms with E-state index < -0.39 is 23.0 Å². The zero-order chi connectivity index (χ0) is 16.4. The molecule has 2 atom stereocenters. The van der Waals surface area contributed by atoms with Crippen LogP contribution >= 0.6 is 11.6 Å². The van der Waals surface area contributed by atoms with Crippen molar-refractivity contribution in [2.45, 2.75) is 31.8 Å². The number of nitrogens with zero attached hydrogens (tertiary/aromatic N) is 2. The normalized spacial score (nSPS) is 19.1. The molecule has 1 aliphatic heterocycles. The molecule has 22 heavy (non-hydrogen) atoms. The van der Waals surface area contributed by atoms with Gasteiger partial charge in [-0.25, -0.2) is 4.79 Å². The van der Waals surface area contributed by atoms with Crippen molar-refractivity contribution in [3.8, 4) is 0 Å². The summed E-state index contributed by atoms with van der Waals surface area (Å²) < 4.78 is 4.72. The molecular formula is C14H15ClN2O5. The Morgan fingerprint density at radius 1 is 1.55 bits per heavy atom. The molecule has 1 fully saturated rings. The minimum atomic E-state index is -0.665. The van der Waals surface area contributed by atoms with Crippen LogP contribution in [0.4, 0.5) is 5.69 Å². The van der Waals surface area contributed by atoms with E-state index in [4.69, 9.17) is 16.3 Å². The number of hydrogen-bond acceptors (Lipinski definition) is 5. The van der Waals surface area contributed by atoms with Gasteiger partial charge >= 0.3 is 5.97 Å². The van der Waals surface area contributed by atoms with Crippen molar-refractivity contribution in [2.24, 2.45) is 0 Å². The third-order valence-corrected chi connectivity index (χ3v) is 4.11. The molecule has 0 radical (unpaired) electrons. The average molecular weight is 327 g/mol. The Morgan fingerprint density at radius 3 is 2.82 bits per heavy atom. The van der Waals surface area contributed by atoms with Gasteiger partial charge in [-0.3, -0.25) is 14.9 Å². The first-order valence-corrected chi connectivity index (χ1v) is 7.07. The molecule has 2 unspecified atom stereocenters. The van der Waals surface area contributed by atoms with Gasteiger partial charge in [0.05, 0.1) is 18.1 Å². The number of benzene rings is 1. The molecule has 7 nitrogen and oxygen atoms in total. The maximum atomic E-state index is 12.1. The van der Waals surface area contributed by atoms with Gasteiger partial charge in [0, 0.05) is 12.5 Å². The average Bonchev–Trinajstić information content (AvgIpc) is 2.87. The van der Waals surface area contributed by atoms with E-state index in [-0.39, 0.29) is 23.0 Å². The number of amides is 1. The quantitative estimate of drug-likeness (QED) is 0.481. The van der Waals surface area contributed by atoms with E-state index in [1.807, 2.05) is 0 Å². The number of esters is 1. The molecule has 1 amide bonds. The van der Waals surface area contributed by atoms with Crippen molar-refractivity contribution in [1.82, 2.24) is 4.90 Å². The minimum Gasteiger partial charge on any atom is -0.467 e. The molecule has 1 heterocycles. The van der Waals surface area contributed by atoms with Gasteiger partial charge in [-0.05, 0) is 25.0 Å². The van der Waals surface area contributed by atoms with E-state index in [1.165, 1.54) is 24.1 Å². The lowest BCUT2D eigenvalue weighted by Gasteiger charge is -2.29. The first-order valence-electron chi connectivity index (χ1n) is 6.69. The van der Waals surface area contributed by atoms with Gasteiger partial charge in [0.25, 0.3) is 5.69 Å². The summed E-state index contributed by atoms with van der Waals surface area (Å²) in [5.41, 5.74) is 0.313. The van der Waals surface area contributed by atoms with Gasteiger partial charge in [0.2, 0.25) is 5.91 Å². The Bertz CT molecular complexity index is 634. The van der Waals surface area contributed by atoms with E-state index in [2.05, 4.69) is 0 Å². The lowest BCUT2D eigenvalue weighted by molar-refractivity contribution is -0.384. The Labute approximate surface area is 131 Å². The maximum Gasteiger partial charge on any atom is 0.328 e. The number of ether oxygens (including phenoxy) is 1. The number of nitro benzene ring substituents is 1. The fourth-order valence-electron chi connectivity index (χ4n) is 2.65. The molecule has 8 heteroatoms. The molecule has 1 aromatic carbocycles. The zero-order valence-electron chi connectivity index (χ0n) is 12.1. The summed E-state index contributed by atoms with van der Waals surface area (Å²) in [7, 11) is 1.26. The second-order valence-corrected chi connectivity index (χ2v) is 5.43. The Morgan fingerprint density at radius 2 is 2.23 bits per heavy atom. The highest BCUT2D eigenvalue weighted by Gasteiger charge is 2.40. The van der Waals surface area contributed by atoms with Crippen molar-refractivity contribution in [2.75, 3.05) is 7.11 Å². The number of nitro groups is 1. The molecule has 0 spiro atoms. The van der Waals surface area contributed by atoms with Gasteiger partial charge in [0.1, 0.15) is 11.1 Å². The van der Waals surface area contributed by atoms with Crippen molar-refractivity contribution in [1.29, 1.82) is 0 Å². The number of carbonyl (C=O) groups excluding carboxylic acids is 2. The smallest absolute Gasteiger partial charge is 0.328 e. The highest BCUT2D eigenvalue weighted by molar-refractivity contribution is 6.32. The molecule has 1 saturated heterocycles. The van der Waals surface area contributed by atoms with Crippen LogP contribution in [0.2, 0.25) is 5.02 Å². The molecular weight excluding hydrogens is 312 g/mol. The highest BCUT2D eigenvalue weighted by atomic mass is 35.5. The number of likely N-dealkylation sites (tertiary alicyclic amines) is 1. The van der Waals surface area contributed by atoms with Crippen LogP contribution < -0.4 is 0 Å². The molecule has 0 saturated carbocycles. The van der Waals surface area contributed by atoms with E-state index >= 15 is 0 Å².